The van der Waals surface area contributed by atoms with Crippen LogP contribution >= 0.6 is 12.4 Å². The minimum atomic E-state index is 0. The molecule has 0 radical (unpaired) electrons. The van der Waals surface area contributed by atoms with E-state index >= 15 is 0 Å². The van der Waals surface area contributed by atoms with Crippen LogP contribution in [0.4, 0.5) is 0 Å². The number of fused-ring (bicyclic) bond motifs is 1. The Kier molecular flexibility index (Phi) is 3.72. The highest BCUT2D eigenvalue weighted by molar-refractivity contribution is 5.86. The van der Waals surface area contributed by atoms with Crippen molar-refractivity contribution in [1.82, 2.24) is 5.06 Å². The van der Waals surface area contributed by atoms with Crippen molar-refractivity contribution in [3.8, 4) is 0 Å². The van der Waals surface area contributed by atoms with E-state index < -0.39 is 0 Å². The van der Waals surface area contributed by atoms with Crippen LogP contribution in [0.1, 0.15) is 23.5 Å². The number of hydrogen-bond acceptors (Lipinski definition) is 2. The number of hydrogen-bond donors (Lipinski definition) is 2. The molecule has 2 rings (SSSR count). The van der Waals surface area contributed by atoms with Gasteiger partial charge in [-0.3, -0.25) is 10.6 Å². The van der Waals surface area contributed by atoms with Crippen LogP contribution in [-0.4, -0.2) is 23.2 Å². The largest absolute Gasteiger partial charge is 0.288 e. The van der Waals surface area contributed by atoms with Crippen LogP contribution in [0.5, 0.6) is 0 Å². The SMILES string of the molecule is CN(O)C(=N)C1CCc2ccccc21.Cl. The van der Waals surface area contributed by atoms with Gasteiger partial charge in [-0.1, -0.05) is 24.3 Å². The summed E-state index contributed by atoms with van der Waals surface area (Å²) in [6, 6.07) is 8.15. The summed E-state index contributed by atoms with van der Waals surface area (Å²) < 4.78 is 0. The number of likely N-dealkylation sites (N-methyl/N-ethyl adjacent to an activating group) is 1. The highest BCUT2D eigenvalue weighted by Gasteiger charge is 2.26. The molecule has 1 atom stereocenters. The van der Waals surface area contributed by atoms with Gasteiger partial charge in [-0.2, -0.15) is 0 Å². The van der Waals surface area contributed by atoms with E-state index in [4.69, 9.17) is 5.41 Å². The van der Waals surface area contributed by atoms with Crippen LogP contribution in [0.3, 0.4) is 0 Å². The second-order valence-corrected chi connectivity index (χ2v) is 3.70. The Morgan fingerprint density at radius 3 is 2.80 bits per heavy atom. The zero-order valence-electron chi connectivity index (χ0n) is 8.60. The van der Waals surface area contributed by atoms with E-state index in [-0.39, 0.29) is 24.2 Å². The smallest absolute Gasteiger partial charge is 0.128 e. The van der Waals surface area contributed by atoms with Crippen molar-refractivity contribution >= 4 is 18.2 Å². The van der Waals surface area contributed by atoms with Crippen molar-refractivity contribution in [3.63, 3.8) is 0 Å². The standard InChI is InChI=1S/C11H14N2O.ClH/c1-13(14)11(12)10-7-6-8-4-2-3-5-9(8)10;/h2-5,10,12,14H,6-7H2,1H3;1H. The summed E-state index contributed by atoms with van der Waals surface area (Å²) in [5.41, 5.74) is 2.50. The highest BCUT2D eigenvalue weighted by Crippen LogP contribution is 2.33. The third kappa shape index (κ3) is 2.13. The lowest BCUT2D eigenvalue weighted by Gasteiger charge is -2.18. The first-order valence-corrected chi connectivity index (χ1v) is 4.79. The van der Waals surface area contributed by atoms with E-state index in [2.05, 4.69) is 6.07 Å². The van der Waals surface area contributed by atoms with E-state index in [9.17, 15) is 5.21 Å². The quantitative estimate of drug-likeness (QED) is 0.439. The normalized spacial score (nSPS) is 17.9. The Morgan fingerprint density at radius 2 is 2.13 bits per heavy atom. The van der Waals surface area contributed by atoms with Crippen LogP contribution < -0.4 is 0 Å². The molecule has 0 saturated carbocycles. The molecule has 0 aliphatic heterocycles. The van der Waals surface area contributed by atoms with Crippen LogP contribution in [-0.2, 0) is 6.42 Å². The Morgan fingerprint density at radius 1 is 1.47 bits per heavy atom. The number of hydroxylamine groups is 2. The number of rotatable bonds is 1. The summed E-state index contributed by atoms with van der Waals surface area (Å²) in [6.07, 6.45) is 1.94. The monoisotopic (exact) mass is 226 g/mol. The molecule has 82 valence electrons. The minimum absolute atomic E-state index is 0. The lowest BCUT2D eigenvalue weighted by molar-refractivity contribution is 0.00864. The van der Waals surface area contributed by atoms with Gasteiger partial charge in [0, 0.05) is 13.0 Å². The summed E-state index contributed by atoms with van der Waals surface area (Å²) in [5, 5.41) is 17.9. The van der Waals surface area contributed by atoms with Gasteiger partial charge in [0.1, 0.15) is 5.84 Å². The summed E-state index contributed by atoms with van der Waals surface area (Å²) in [7, 11) is 1.50. The van der Waals surface area contributed by atoms with Gasteiger partial charge in [0.15, 0.2) is 0 Å². The molecule has 1 aliphatic rings. The van der Waals surface area contributed by atoms with E-state index in [1.165, 1.54) is 18.2 Å². The third-order valence-corrected chi connectivity index (χ3v) is 2.81. The number of nitrogens with zero attached hydrogens (tertiary/aromatic N) is 1. The maximum atomic E-state index is 9.22. The Hall–Kier alpha value is -1.06. The molecule has 15 heavy (non-hydrogen) atoms. The van der Waals surface area contributed by atoms with Gasteiger partial charge in [-0.05, 0) is 24.0 Å². The molecular weight excluding hydrogens is 212 g/mol. The lowest BCUT2D eigenvalue weighted by atomic mass is 10.0. The van der Waals surface area contributed by atoms with Crippen LogP contribution in [0.2, 0.25) is 0 Å². The molecule has 1 aliphatic carbocycles. The summed E-state index contributed by atoms with van der Waals surface area (Å²) in [6.45, 7) is 0. The van der Waals surface area contributed by atoms with Crippen LogP contribution in [0, 0.1) is 5.41 Å². The number of halogens is 1. The maximum Gasteiger partial charge on any atom is 0.128 e. The van der Waals surface area contributed by atoms with E-state index in [1.54, 1.807) is 0 Å². The molecule has 1 aromatic carbocycles. The molecule has 0 saturated heterocycles. The summed E-state index contributed by atoms with van der Waals surface area (Å²) in [4.78, 5) is 0. The molecule has 0 aromatic heterocycles. The summed E-state index contributed by atoms with van der Waals surface area (Å²) >= 11 is 0. The van der Waals surface area contributed by atoms with Crippen molar-refractivity contribution in [2.24, 2.45) is 0 Å². The van der Waals surface area contributed by atoms with Gasteiger partial charge >= 0.3 is 0 Å². The minimum Gasteiger partial charge on any atom is -0.288 e. The molecule has 0 spiro atoms. The van der Waals surface area contributed by atoms with E-state index in [0.717, 1.165) is 17.9 Å². The average Bonchev–Trinajstić information content (AvgIpc) is 2.60. The van der Waals surface area contributed by atoms with Gasteiger partial charge in [0.2, 0.25) is 0 Å². The molecule has 0 fully saturated rings. The predicted molar refractivity (Wildman–Crippen MR) is 62.0 cm³/mol. The zero-order chi connectivity index (χ0) is 10.1. The number of aryl methyl sites for hydroxylation is 1. The Bertz CT molecular complexity index is 365. The van der Waals surface area contributed by atoms with Gasteiger partial charge < -0.3 is 0 Å². The topological polar surface area (TPSA) is 47.3 Å². The van der Waals surface area contributed by atoms with Crippen LogP contribution in [0.25, 0.3) is 0 Å². The van der Waals surface area contributed by atoms with E-state index in [0.29, 0.717) is 0 Å². The Balaban J connectivity index is 0.00000112. The number of amidine groups is 1. The Labute approximate surface area is 95.6 Å². The molecule has 2 N–H and O–H groups in total. The zero-order valence-corrected chi connectivity index (χ0v) is 9.42. The number of nitrogens with one attached hydrogen (secondary N) is 1. The molecule has 0 heterocycles. The van der Waals surface area contributed by atoms with Gasteiger partial charge in [0.05, 0.1) is 0 Å². The molecule has 1 aromatic rings. The third-order valence-electron chi connectivity index (χ3n) is 2.81. The first kappa shape index (κ1) is 12.0. The van der Waals surface area contributed by atoms with Crippen molar-refractivity contribution in [3.05, 3.63) is 35.4 Å². The molecule has 4 heteroatoms. The van der Waals surface area contributed by atoms with Crippen LogP contribution in [0.15, 0.2) is 24.3 Å². The molecule has 1 unspecified atom stereocenters. The lowest BCUT2D eigenvalue weighted by Crippen LogP contribution is -2.26. The van der Waals surface area contributed by atoms with Crippen molar-refractivity contribution in [2.75, 3.05) is 7.05 Å². The van der Waals surface area contributed by atoms with Crippen molar-refractivity contribution in [1.29, 1.82) is 5.41 Å². The first-order chi connectivity index (χ1) is 6.70. The van der Waals surface area contributed by atoms with E-state index in [1.807, 2.05) is 18.2 Å². The second kappa shape index (κ2) is 4.64. The first-order valence-electron chi connectivity index (χ1n) is 4.79. The fourth-order valence-electron chi connectivity index (χ4n) is 2.07. The molecule has 0 amide bonds. The average molecular weight is 227 g/mol. The molecular formula is C11H15ClN2O. The fraction of sp³-hybridized carbons (Fsp3) is 0.364. The number of benzene rings is 1. The predicted octanol–water partition coefficient (Wildman–Crippen LogP) is 2.44. The fourth-order valence-corrected chi connectivity index (χ4v) is 2.07. The van der Waals surface area contributed by atoms with Gasteiger partial charge in [-0.25, -0.2) is 5.06 Å². The maximum absolute atomic E-state index is 9.22. The molecule has 0 bridgehead atoms. The van der Waals surface area contributed by atoms with Gasteiger partial charge in [0.25, 0.3) is 0 Å². The summed E-state index contributed by atoms with van der Waals surface area (Å²) in [5.74, 6) is 0.358. The highest BCUT2D eigenvalue weighted by atomic mass is 35.5. The van der Waals surface area contributed by atoms with Crippen molar-refractivity contribution < 1.29 is 5.21 Å². The van der Waals surface area contributed by atoms with Gasteiger partial charge in [-0.15, -0.1) is 12.4 Å². The molecule has 3 nitrogen and oxygen atoms in total. The van der Waals surface area contributed by atoms with Crippen molar-refractivity contribution in [2.45, 2.75) is 18.8 Å². The second-order valence-electron chi connectivity index (χ2n) is 3.70.